The number of rotatable bonds is 7. The summed E-state index contributed by atoms with van der Waals surface area (Å²) in [4.78, 5) is 21.2. The zero-order valence-electron chi connectivity index (χ0n) is 17.9. The van der Waals surface area contributed by atoms with Crippen LogP contribution in [0.5, 0.6) is 0 Å². The summed E-state index contributed by atoms with van der Waals surface area (Å²) in [6.07, 6.45) is 2.41. The Balaban J connectivity index is 1.85. The summed E-state index contributed by atoms with van der Waals surface area (Å²) in [6, 6.07) is 3.86. The lowest BCUT2D eigenvalue weighted by molar-refractivity contribution is -0.123. The molecule has 7 nitrogen and oxygen atoms in total. The van der Waals surface area contributed by atoms with E-state index in [1.165, 1.54) is 0 Å². The predicted molar refractivity (Wildman–Crippen MR) is 113 cm³/mol. The first-order valence-corrected chi connectivity index (χ1v) is 10.2. The number of nitrogens with one attached hydrogen (secondary N) is 1. The van der Waals surface area contributed by atoms with E-state index in [9.17, 15) is 9.90 Å². The zero-order chi connectivity index (χ0) is 20.7. The monoisotopic (exact) mass is 392 g/mol. The lowest BCUT2D eigenvalue weighted by atomic mass is 9.96. The molecule has 7 heteroatoms. The molecule has 28 heavy (non-hydrogen) atoms. The Bertz CT molecular complexity index is 613. The van der Waals surface area contributed by atoms with E-state index < -0.39 is 11.5 Å². The van der Waals surface area contributed by atoms with Gasteiger partial charge in [0.05, 0.1) is 30.7 Å². The van der Waals surface area contributed by atoms with Crippen molar-refractivity contribution in [3.63, 3.8) is 0 Å². The third-order valence-electron chi connectivity index (χ3n) is 4.69. The molecule has 1 unspecified atom stereocenters. The maximum Gasteiger partial charge on any atom is 0.229 e. The molecule has 2 heterocycles. The van der Waals surface area contributed by atoms with Crippen molar-refractivity contribution in [1.82, 2.24) is 9.88 Å². The molecule has 1 aliphatic heterocycles. The number of carbonyl (C=O) groups excluding carboxylic acids is 1. The van der Waals surface area contributed by atoms with Crippen molar-refractivity contribution in [1.29, 1.82) is 0 Å². The maximum absolute atomic E-state index is 12.1. The summed E-state index contributed by atoms with van der Waals surface area (Å²) < 4.78 is 5.50. The third kappa shape index (κ3) is 7.37. The SMILES string of the molecule is CC(C)OCC(O)CN1CCCN(c2ccc(NC(=O)C(C)(C)C)cn2)CC1. The first-order chi connectivity index (χ1) is 13.1. The van der Waals surface area contributed by atoms with E-state index in [1.807, 2.05) is 46.8 Å². The number of pyridine rings is 1. The van der Waals surface area contributed by atoms with E-state index in [0.29, 0.717) is 18.8 Å². The minimum Gasteiger partial charge on any atom is -0.389 e. The Morgan fingerprint density at radius 3 is 2.61 bits per heavy atom. The van der Waals surface area contributed by atoms with Gasteiger partial charge in [0.2, 0.25) is 5.91 Å². The molecule has 1 fully saturated rings. The van der Waals surface area contributed by atoms with Gasteiger partial charge in [0.1, 0.15) is 5.82 Å². The normalized spacial score (nSPS) is 17.5. The van der Waals surface area contributed by atoms with Crippen LogP contribution in [-0.4, -0.2) is 72.4 Å². The van der Waals surface area contributed by atoms with E-state index in [1.54, 1.807) is 6.20 Å². The number of anilines is 2. The van der Waals surface area contributed by atoms with Gasteiger partial charge in [-0.05, 0) is 38.9 Å². The number of aromatic nitrogens is 1. The molecule has 0 radical (unpaired) electrons. The fraction of sp³-hybridized carbons (Fsp3) is 0.714. The number of amides is 1. The molecule has 2 rings (SSSR count). The number of aliphatic hydroxyl groups excluding tert-OH is 1. The molecule has 1 aromatic rings. The van der Waals surface area contributed by atoms with Crippen molar-refractivity contribution < 1.29 is 14.6 Å². The fourth-order valence-electron chi connectivity index (χ4n) is 3.00. The summed E-state index contributed by atoms with van der Waals surface area (Å²) in [5.74, 6) is 0.895. The first-order valence-electron chi connectivity index (χ1n) is 10.2. The van der Waals surface area contributed by atoms with Crippen LogP contribution in [0.25, 0.3) is 0 Å². The highest BCUT2D eigenvalue weighted by Crippen LogP contribution is 2.20. The minimum atomic E-state index is -0.460. The first kappa shape index (κ1) is 22.6. The zero-order valence-corrected chi connectivity index (χ0v) is 17.9. The fourth-order valence-corrected chi connectivity index (χ4v) is 3.00. The van der Waals surface area contributed by atoms with Crippen molar-refractivity contribution in [3.05, 3.63) is 18.3 Å². The molecule has 1 amide bonds. The van der Waals surface area contributed by atoms with Gasteiger partial charge < -0.3 is 20.1 Å². The molecular formula is C21H36N4O3. The van der Waals surface area contributed by atoms with E-state index in [0.717, 1.165) is 38.4 Å². The summed E-state index contributed by atoms with van der Waals surface area (Å²) in [7, 11) is 0. The van der Waals surface area contributed by atoms with E-state index in [2.05, 4.69) is 20.1 Å². The molecule has 0 aromatic carbocycles. The average Bonchev–Trinajstić information content (AvgIpc) is 2.85. The molecular weight excluding hydrogens is 356 g/mol. The molecule has 1 atom stereocenters. The van der Waals surface area contributed by atoms with Gasteiger partial charge in [-0.2, -0.15) is 0 Å². The summed E-state index contributed by atoms with van der Waals surface area (Å²) in [5.41, 5.74) is 0.283. The van der Waals surface area contributed by atoms with E-state index >= 15 is 0 Å². The van der Waals surface area contributed by atoms with Crippen LogP contribution < -0.4 is 10.2 Å². The number of hydrogen-bond donors (Lipinski definition) is 2. The topological polar surface area (TPSA) is 77.9 Å². The quantitative estimate of drug-likeness (QED) is 0.742. The lowest BCUT2D eigenvalue weighted by Crippen LogP contribution is -2.38. The van der Waals surface area contributed by atoms with Crippen molar-refractivity contribution in [2.75, 3.05) is 49.5 Å². The highest BCUT2D eigenvalue weighted by atomic mass is 16.5. The van der Waals surface area contributed by atoms with Gasteiger partial charge in [-0.1, -0.05) is 20.8 Å². The van der Waals surface area contributed by atoms with Crippen LogP contribution >= 0.6 is 0 Å². The Hall–Kier alpha value is -1.70. The summed E-state index contributed by atoms with van der Waals surface area (Å²) in [5, 5.41) is 13.1. The smallest absolute Gasteiger partial charge is 0.229 e. The van der Waals surface area contributed by atoms with Gasteiger partial charge in [0.15, 0.2) is 0 Å². The van der Waals surface area contributed by atoms with Crippen molar-refractivity contribution in [2.45, 2.75) is 53.2 Å². The Kier molecular flexibility index (Phi) is 8.22. The molecule has 0 saturated carbocycles. The molecule has 158 valence electrons. The van der Waals surface area contributed by atoms with Gasteiger partial charge >= 0.3 is 0 Å². The van der Waals surface area contributed by atoms with Crippen molar-refractivity contribution >= 4 is 17.4 Å². The van der Waals surface area contributed by atoms with Crippen LogP contribution in [0.3, 0.4) is 0 Å². The molecule has 2 N–H and O–H groups in total. The Morgan fingerprint density at radius 1 is 1.25 bits per heavy atom. The van der Waals surface area contributed by atoms with Crippen LogP contribution in [0.4, 0.5) is 11.5 Å². The lowest BCUT2D eigenvalue weighted by Gasteiger charge is -2.25. The molecule has 0 spiro atoms. The molecule has 1 saturated heterocycles. The van der Waals surface area contributed by atoms with E-state index in [4.69, 9.17) is 4.74 Å². The summed E-state index contributed by atoms with van der Waals surface area (Å²) in [6.45, 7) is 14.2. The number of hydrogen-bond acceptors (Lipinski definition) is 6. The van der Waals surface area contributed by atoms with Gasteiger partial charge in [-0.15, -0.1) is 0 Å². The average molecular weight is 393 g/mol. The largest absolute Gasteiger partial charge is 0.389 e. The number of carbonyl (C=O) groups is 1. The van der Waals surface area contributed by atoms with Crippen molar-refractivity contribution in [3.8, 4) is 0 Å². The Morgan fingerprint density at radius 2 is 2.00 bits per heavy atom. The third-order valence-corrected chi connectivity index (χ3v) is 4.69. The minimum absolute atomic E-state index is 0.0209. The highest BCUT2D eigenvalue weighted by Gasteiger charge is 2.22. The van der Waals surface area contributed by atoms with Crippen molar-refractivity contribution in [2.24, 2.45) is 5.41 Å². The van der Waals surface area contributed by atoms with E-state index in [-0.39, 0.29) is 12.0 Å². The number of nitrogens with zero attached hydrogens (tertiary/aromatic N) is 3. The summed E-state index contributed by atoms with van der Waals surface area (Å²) >= 11 is 0. The predicted octanol–water partition coefficient (Wildman–Crippen LogP) is 2.36. The second-order valence-electron chi connectivity index (χ2n) is 8.79. The maximum atomic E-state index is 12.1. The second-order valence-corrected chi connectivity index (χ2v) is 8.79. The molecule has 0 aliphatic carbocycles. The van der Waals surface area contributed by atoms with Gasteiger partial charge in [0.25, 0.3) is 0 Å². The van der Waals surface area contributed by atoms with Crippen LogP contribution in [0.15, 0.2) is 18.3 Å². The highest BCUT2D eigenvalue weighted by molar-refractivity contribution is 5.94. The van der Waals surface area contributed by atoms with Gasteiger partial charge in [-0.3, -0.25) is 9.69 Å². The molecule has 0 bridgehead atoms. The van der Waals surface area contributed by atoms with Crippen LogP contribution in [-0.2, 0) is 9.53 Å². The Labute approximate surface area is 169 Å². The van der Waals surface area contributed by atoms with Crippen LogP contribution in [0, 0.1) is 5.41 Å². The van der Waals surface area contributed by atoms with Gasteiger partial charge in [-0.25, -0.2) is 4.98 Å². The van der Waals surface area contributed by atoms with Crippen LogP contribution in [0.1, 0.15) is 41.0 Å². The van der Waals surface area contributed by atoms with Gasteiger partial charge in [0, 0.05) is 31.6 Å². The number of β-amino-alcohol motifs (C(OH)–C–C–N with tert-alkyl or cyclic N) is 1. The molecule has 1 aromatic heterocycles. The second kappa shape index (κ2) is 10.2. The number of aliphatic hydroxyl groups is 1. The number of ether oxygens (including phenoxy) is 1. The standard InChI is InChI=1S/C21H36N4O3/c1-16(2)28-15-18(26)14-24-9-6-10-25(12-11-24)19-8-7-17(13-22-19)23-20(27)21(3,4)5/h7-8,13,16,18,26H,6,9-12,14-15H2,1-5H3,(H,23,27). The van der Waals surface area contributed by atoms with Crippen LogP contribution in [0.2, 0.25) is 0 Å². The molecule has 1 aliphatic rings.